The summed E-state index contributed by atoms with van der Waals surface area (Å²) in [6.45, 7) is 9.63. The summed E-state index contributed by atoms with van der Waals surface area (Å²) in [5.74, 6) is -1.67. The van der Waals surface area contributed by atoms with E-state index in [1.165, 1.54) is 33.9 Å². The smallest absolute Gasteiger partial charge is 0.319 e. The first-order valence-electron chi connectivity index (χ1n) is 27.5. The van der Waals surface area contributed by atoms with Gasteiger partial charge in [-0.3, -0.25) is 14.7 Å². The minimum atomic E-state index is -2.62. The number of rotatable bonds is 20. The Morgan fingerprint density at radius 2 is 1.74 bits per heavy atom. The van der Waals surface area contributed by atoms with Gasteiger partial charge in [-0.05, 0) is 91.4 Å². The quantitative estimate of drug-likeness (QED) is 0.0481. The topological polar surface area (TPSA) is 222 Å². The molecule has 424 valence electrons. The van der Waals surface area contributed by atoms with Crippen molar-refractivity contribution in [3.63, 3.8) is 0 Å². The van der Waals surface area contributed by atoms with Crippen molar-refractivity contribution in [1.82, 2.24) is 55.7 Å². The number of β-amino-alcohol motifs (C(OH)–C–C–N with tert-alkyl or cyclic N) is 1. The largest absolute Gasteiger partial charge is 0.486 e. The molecule has 18 nitrogen and oxygen atoms in total. The van der Waals surface area contributed by atoms with Gasteiger partial charge in [0.15, 0.2) is 5.75 Å². The number of H-pyrrole nitrogens is 1. The van der Waals surface area contributed by atoms with Crippen molar-refractivity contribution in [3.8, 4) is 44.6 Å². The zero-order chi connectivity index (χ0) is 56.8. The van der Waals surface area contributed by atoms with Crippen molar-refractivity contribution in [1.29, 1.82) is 0 Å². The average Bonchev–Trinajstić information content (AvgIpc) is 3.71. The Labute approximate surface area is 470 Å². The first-order valence-corrected chi connectivity index (χ1v) is 28.3. The number of anilines is 1. The average molecular weight is 1130 g/mol. The van der Waals surface area contributed by atoms with Crippen LogP contribution in [0.1, 0.15) is 92.4 Å². The Hall–Kier alpha value is -7.53. The summed E-state index contributed by atoms with van der Waals surface area (Å²) in [5, 5.41) is 45.2. The third-order valence-corrected chi connectivity index (χ3v) is 16.9. The number of likely N-dealkylation sites (tertiary alicyclic amines) is 1. The molecule has 2 saturated heterocycles. The number of amides is 2. The first kappa shape index (κ1) is 55.4. The lowest BCUT2D eigenvalue weighted by Gasteiger charge is -2.30. The molecule has 1 aliphatic carbocycles. The SMILES string of the molecule is Cc1ncsc1-c1ccc([C@H](CO)NC(=O)[C@@H]2C[C@@H](O)CN2C(=O)[C@H](C(C)C)n2cc(-c3ccc(COc4c(-c5c(C)c(F)cc6[nH]ncc56)c(C5CC5)cc5c(N(C)[C@H]6CCNC6)nc(OC[C@@H](C)C(F)F)nc45)cc3)nn2)cc1. The van der Waals surface area contributed by atoms with E-state index in [4.69, 9.17) is 19.4 Å². The maximum absolute atomic E-state index is 16.1. The number of carbonyl (C=O) groups is 2. The van der Waals surface area contributed by atoms with Crippen molar-refractivity contribution in [2.24, 2.45) is 11.8 Å². The molecule has 3 fully saturated rings. The van der Waals surface area contributed by atoms with Crippen LogP contribution in [0.2, 0.25) is 0 Å². The number of aryl methyl sites for hydroxylation is 1. The van der Waals surface area contributed by atoms with Crippen LogP contribution in [-0.2, 0) is 16.2 Å². The van der Waals surface area contributed by atoms with Gasteiger partial charge < -0.3 is 40.1 Å². The van der Waals surface area contributed by atoms with E-state index in [0.29, 0.717) is 73.4 Å². The molecule has 8 aromatic rings. The van der Waals surface area contributed by atoms with Gasteiger partial charge in [-0.25, -0.2) is 22.8 Å². The number of benzene rings is 4. The van der Waals surface area contributed by atoms with E-state index in [-0.39, 0.29) is 56.7 Å². The Balaban J connectivity index is 0.875. The molecule has 1 saturated carbocycles. The highest BCUT2D eigenvalue weighted by Crippen LogP contribution is 2.53. The van der Waals surface area contributed by atoms with Crippen molar-refractivity contribution in [3.05, 3.63) is 112 Å². The Morgan fingerprint density at radius 3 is 2.42 bits per heavy atom. The van der Waals surface area contributed by atoms with Gasteiger partial charge in [0, 0.05) is 60.1 Å². The highest BCUT2D eigenvalue weighted by Gasteiger charge is 2.43. The number of ether oxygens (including phenoxy) is 2. The van der Waals surface area contributed by atoms with Crippen molar-refractivity contribution < 1.29 is 42.4 Å². The minimum absolute atomic E-state index is 0.0216. The molecule has 0 bridgehead atoms. The predicted molar refractivity (Wildman–Crippen MR) is 302 cm³/mol. The normalized spacial score (nSPS) is 18.5. The lowest BCUT2D eigenvalue weighted by Crippen LogP contribution is -2.50. The number of nitrogens with one attached hydrogen (secondary N) is 3. The number of hydrogen-bond donors (Lipinski definition) is 5. The summed E-state index contributed by atoms with van der Waals surface area (Å²) in [6, 6.07) is 15.9. The van der Waals surface area contributed by atoms with Crippen LogP contribution in [0.5, 0.6) is 11.8 Å². The molecule has 0 radical (unpaired) electrons. The molecule has 4 aromatic carbocycles. The Bertz CT molecular complexity index is 3580. The molecule has 81 heavy (non-hydrogen) atoms. The number of thiazole rings is 1. The van der Waals surface area contributed by atoms with Gasteiger partial charge in [0.1, 0.15) is 41.5 Å². The van der Waals surface area contributed by atoms with Gasteiger partial charge in [0.25, 0.3) is 0 Å². The summed E-state index contributed by atoms with van der Waals surface area (Å²) in [6.07, 6.45) is 2.48. The number of alkyl halides is 2. The van der Waals surface area contributed by atoms with E-state index in [1.807, 2.05) is 76.3 Å². The monoisotopic (exact) mass is 1130 g/mol. The van der Waals surface area contributed by atoms with E-state index < -0.39 is 54.2 Å². The fourth-order valence-corrected chi connectivity index (χ4v) is 12.0. The Kier molecular flexibility index (Phi) is 15.8. The third-order valence-electron chi connectivity index (χ3n) is 16.0. The van der Waals surface area contributed by atoms with Gasteiger partial charge in [0.05, 0.1) is 65.3 Å². The molecule has 6 heterocycles. The number of aliphatic hydroxyl groups excluding tert-OH is 2. The summed E-state index contributed by atoms with van der Waals surface area (Å²) < 4.78 is 58.3. The number of fused-ring (bicyclic) bond motifs is 2. The Morgan fingerprint density at radius 1 is 0.975 bits per heavy atom. The number of aromatic nitrogens is 8. The molecular formula is C59H65F3N12O6S. The molecule has 2 amide bonds. The van der Waals surface area contributed by atoms with Crippen LogP contribution in [0.3, 0.4) is 0 Å². The van der Waals surface area contributed by atoms with Crippen molar-refractivity contribution >= 4 is 50.8 Å². The van der Waals surface area contributed by atoms with Crippen LogP contribution >= 0.6 is 11.3 Å². The molecule has 11 rings (SSSR count). The zero-order valence-corrected chi connectivity index (χ0v) is 46.7. The molecule has 0 spiro atoms. The van der Waals surface area contributed by atoms with Gasteiger partial charge in [-0.1, -0.05) is 74.5 Å². The second-order valence-electron chi connectivity index (χ2n) is 22.0. The maximum atomic E-state index is 16.1. The number of hydrogen-bond acceptors (Lipinski definition) is 15. The summed E-state index contributed by atoms with van der Waals surface area (Å²) >= 11 is 1.53. The highest BCUT2D eigenvalue weighted by molar-refractivity contribution is 7.13. The highest BCUT2D eigenvalue weighted by atomic mass is 32.1. The van der Waals surface area contributed by atoms with Crippen LogP contribution in [0.25, 0.3) is 54.6 Å². The van der Waals surface area contributed by atoms with E-state index in [9.17, 15) is 28.6 Å². The standard InChI is InChI=1S/C59H65F3N12O6S/c1-30(2)52(58(78)73-24-40(76)19-48(73)57(77)66-47(26-75)37-13-15-38(16-14-37)54-33(5)64-29-81-54)74-25-46(70-71-74)36-9-7-34(8-10-36)28-79-53-50(49-32(4)44(60)21-45-43(49)23-65-69-45)41(35-11-12-35)20-42-51(53)67-59(80-27-31(3)55(61)62)68-56(42)72(6)39-17-18-63-22-39/h7-10,13-16,20-21,23,25,29-31,35,39-40,47-48,52,55,63,75-76H,11-12,17-19,22,24,26-28H2,1-6H3,(H,65,69)(H,66,77)/t31-,39+,40-,47+,48+,52+/m1/s1. The fraction of sp³-hybridized carbons (Fsp3) is 0.424. The number of carbonyl (C=O) groups excluding carboxylic acids is 2. The van der Waals surface area contributed by atoms with Gasteiger partial charge >= 0.3 is 6.01 Å². The number of nitrogens with zero attached hydrogens (tertiary/aromatic N) is 9. The number of aliphatic hydroxyl groups is 2. The minimum Gasteiger partial charge on any atom is -0.486 e. The van der Waals surface area contributed by atoms with Crippen LogP contribution < -0.4 is 25.0 Å². The second-order valence-corrected chi connectivity index (χ2v) is 22.9. The maximum Gasteiger partial charge on any atom is 0.319 e. The number of aromatic amines is 1. The molecule has 0 unspecified atom stereocenters. The fourth-order valence-electron chi connectivity index (χ4n) is 11.2. The van der Waals surface area contributed by atoms with E-state index in [0.717, 1.165) is 53.1 Å². The summed E-state index contributed by atoms with van der Waals surface area (Å²) in [5.41, 5.74) is 9.79. The van der Waals surface area contributed by atoms with Crippen LogP contribution in [0.15, 0.2) is 78.6 Å². The predicted octanol–water partition coefficient (Wildman–Crippen LogP) is 8.85. The molecule has 6 atom stereocenters. The van der Waals surface area contributed by atoms with Crippen LogP contribution in [0.4, 0.5) is 19.0 Å². The molecule has 3 aliphatic rings. The van der Waals surface area contributed by atoms with E-state index in [1.54, 1.807) is 24.8 Å². The zero-order valence-electron chi connectivity index (χ0n) is 45.9. The van der Waals surface area contributed by atoms with Crippen molar-refractivity contribution in [2.75, 3.05) is 44.8 Å². The third kappa shape index (κ3) is 11.2. The van der Waals surface area contributed by atoms with Crippen molar-refractivity contribution in [2.45, 2.75) is 110 Å². The van der Waals surface area contributed by atoms with Gasteiger partial charge in [0.2, 0.25) is 18.2 Å². The van der Waals surface area contributed by atoms with E-state index in [2.05, 4.69) is 47.1 Å². The lowest BCUT2D eigenvalue weighted by molar-refractivity contribution is -0.142. The second kappa shape index (κ2) is 23.1. The lowest BCUT2D eigenvalue weighted by atomic mass is 9.88. The van der Waals surface area contributed by atoms with Gasteiger partial charge in [-0.15, -0.1) is 16.4 Å². The molecule has 4 aromatic heterocycles. The van der Waals surface area contributed by atoms with Crippen LogP contribution in [0, 0.1) is 31.5 Å². The molecular weight excluding hydrogens is 1060 g/mol. The van der Waals surface area contributed by atoms with Crippen LogP contribution in [-0.4, -0.2) is 132 Å². The number of halogens is 3. The first-order chi connectivity index (χ1) is 39.1. The van der Waals surface area contributed by atoms with Gasteiger partial charge in [-0.2, -0.15) is 15.1 Å². The van der Waals surface area contributed by atoms with E-state index >= 15 is 4.39 Å². The molecule has 2 aliphatic heterocycles. The summed E-state index contributed by atoms with van der Waals surface area (Å²) in [7, 11) is 1.96. The molecule has 5 N–H and O–H groups in total. The molecule has 22 heteroatoms. The number of likely N-dealkylation sites (N-methyl/N-ethyl adjacent to an activating group) is 1. The summed E-state index contributed by atoms with van der Waals surface area (Å²) in [4.78, 5) is 47.3.